The third kappa shape index (κ3) is 3.24. The monoisotopic (exact) mass is 392 g/mol. The molecule has 2 atom stereocenters. The highest BCUT2D eigenvalue weighted by Crippen LogP contribution is 2.32. The Kier molecular flexibility index (Phi) is 5.64. The summed E-state index contributed by atoms with van der Waals surface area (Å²) in [5.74, 6) is -1.09. The predicted molar refractivity (Wildman–Crippen MR) is 104 cm³/mol. The van der Waals surface area contributed by atoms with Crippen LogP contribution in [0.1, 0.15) is 24.8 Å². The summed E-state index contributed by atoms with van der Waals surface area (Å²) in [6, 6.07) is 8.75. The maximum Gasteiger partial charge on any atom is 0.346 e. The van der Waals surface area contributed by atoms with Crippen LogP contribution in [0.15, 0.2) is 30.3 Å². The van der Waals surface area contributed by atoms with E-state index in [-0.39, 0.29) is 23.9 Å². The number of amides is 1. The maximum atomic E-state index is 13.0. The number of thiocarbonyl (C=S) groups is 2. The molecule has 2 saturated heterocycles. The lowest BCUT2D eigenvalue weighted by atomic mass is 9.95. The molecule has 0 radical (unpaired) electrons. The molecule has 0 aliphatic carbocycles. The standard InChI is InChI=1S/C18H20N2O4S2/c21-15(13-7-4-9-19-13)20-10-8-14(25)18(20,17(23)26)16(22)24-11-12-5-2-1-3-6-12/h1-3,5-6,13,19H,4,7-11H2,(H,23,26)/t13-,18+/m0/s1. The molecule has 0 aromatic heterocycles. The minimum absolute atomic E-state index is 0.0103. The van der Waals surface area contributed by atoms with Gasteiger partial charge in [0.25, 0.3) is 0 Å². The van der Waals surface area contributed by atoms with Gasteiger partial charge >= 0.3 is 5.97 Å². The van der Waals surface area contributed by atoms with E-state index in [4.69, 9.17) is 29.2 Å². The molecule has 26 heavy (non-hydrogen) atoms. The molecule has 3 rings (SSSR count). The number of aliphatic hydroxyl groups excluding tert-OH is 1. The number of aliphatic hydroxyl groups is 1. The molecule has 2 heterocycles. The molecule has 0 spiro atoms. The Hall–Kier alpha value is -1.90. The van der Waals surface area contributed by atoms with Gasteiger partial charge in [0.05, 0.1) is 6.04 Å². The van der Waals surface area contributed by atoms with Crippen LogP contribution in [-0.4, -0.2) is 56.5 Å². The predicted octanol–water partition coefficient (Wildman–Crippen LogP) is 1.71. The van der Waals surface area contributed by atoms with E-state index >= 15 is 0 Å². The minimum atomic E-state index is -1.86. The lowest BCUT2D eigenvalue weighted by Crippen LogP contribution is -2.64. The van der Waals surface area contributed by atoms with Crippen molar-refractivity contribution in [1.82, 2.24) is 10.2 Å². The van der Waals surface area contributed by atoms with Gasteiger partial charge in [0.15, 0.2) is 5.05 Å². The van der Waals surface area contributed by atoms with E-state index in [0.29, 0.717) is 12.8 Å². The minimum Gasteiger partial charge on any atom is -0.500 e. The van der Waals surface area contributed by atoms with Crippen molar-refractivity contribution in [2.75, 3.05) is 13.1 Å². The average Bonchev–Trinajstić information content (AvgIpc) is 3.28. The summed E-state index contributed by atoms with van der Waals surface area (Å²) in [5, 5.41) is 12.7. The van der Waals surface area contributed by atoms with Crippen molar-refractivity contribution in [3.05, 3.63) is 35.9 Å². The number of hydrogen-bond acceptors (Lipinski definition) is 6. The van der Waals surface area contributed by atoms with Crippen molar-refractivity contribution in [3.8, 4) is 0 Å². The van der Waals surface area contributed by atoms with Crippen molar-refractivity contribution in [3.63, 3.8) is 0 Å². The molecule has 1 aromatic rings. The van der Waals surface area contributed by atoms with Gasteiger partial charge in [0.2, 0.25) is 11.4 Å². The molecule has 0 saturated carbocycles. The first-order valence-corrected chi connectivity index (χ1v) is 9.32. The Balaban J connectivity index is 1.85. The first-order chi connectivity index (χ1) is 12.5. The number of carbonyl (C=O) groups excluding carboxylic acids is 2. The molecule has 2 N–H and O–H groups in total. The fourth-order valence-corrected chi connectivity index (χ4v) is 4.21. The molecule has 1 amide bonds. The van der Waals surface area contributed by atoms with Gasteiger partial charge in [-0.2, -0.15) is 0 Å². The molecule has 0 bridgehead atoms. The van der Waals surface area contributed by atoms with Crippen molar-refractivity contribution in [2.24, 2.45) is 0 Å². The van der Waals surface area contributed by atoms with Crippen LogP contribution in [0.3, 0.4) is 0 Å². The summed E-state index contributed by atoms with van der Waals surface area (Å²) in [5.41, 5.74) is -1.07. The molecule has 0 unspecified atom stereocenters. The first-order valence-electron chi connectivity index (χ1n) is 8.50. The van der Waals surface area contributed by atoms with Crippen LogP contribution in [0.5, 0.6) is 0 Å². The first kappa shape index (κ1) is 18.9. The fraction of sp³-hybridized carbons (Fsp3) is 0.444. The zero-order valence-corrected chi connectivity index (χ0v) is 15.8. The number of esters is 1. The van der Waals surface area contributed by atoms with E-state index in [1.54, 1.807) is 0 Å². The highest BCUT2D eigenvalue weighted by atomic mass is 32.1. The Morgan fingerprint density at radius 3 is 2.69 bits per heavy atom. The quantitative estimate of drug-likeness (QED) is 0.583. The molecule has 2 aliphatic heterocycles. The Morgan fingerprint density at radius 1 is 1.35 bits per heavy atom. The number of likely N-dealkylation sites (tertiary alicyclic amines) is 1. The summed E-state index contributed by atoms with van der Waals surface area (Å²) < 4.78 is 5.40. The lowest BCUT2D eigenvalue weighted by molar-refractivity contribution is -0.156. The van der Waals surface area contributed by atoms with E-state index in [9.17, 15) is 14.7 Å². The van der Waals surface area contributed by atoms with Crippen LogP contribution in [0.2, 0.25) is 0 Å². The van der Waals surface area contributed by atoms with Crippen LogP contribution in [-0.2, 0) is 20.9 Å². The van der Waals surface area contributed by atoms with Crippen molar-refractivity contribution in [2.45, 2.75) is 37.5 Å². The van der Waals surface area contributed by atoms with E-state index in [0.717, 1.165) is 18.5 Å². The Morgan fingerprint density at radius 2 is 2.08 bits per heavy atom. The normalized spacial score (nSPS) is 25.3. The van der Waals surface area contributed by atoms with Crippen LogP contribution < -0.4 is 5.32 Å². The van der Waals surface area contributed by atoms with Gasteiger partial charge < -0.3 is 20.1 Å². The fourth-order valence-electron chi connectivity index (χ4n) is 3.45. The number of nitrogens with one attached hydrogen (secondary N) is 1. The summed E-state index contributed by atoms with van der Waals surface area (Å²) >= 11 is 10.3. The van der Waals surface area contributed by atoms with Gasteiger partial charge in [-0.15, -0.1) is 0 Å². The number of rotatable bonds is 5. The number of carbonyl (C=O) groups is 2. The SMILES string of the molecule is O=C([C@@H]1CCCN1)N1CCC(=S)[C@@]1(C(=O)OCc1ccccc1)C(O)=S. The van der Waals surface area contributed by atoms with E-state index < -0.39 is 22.6 Å². The molecule has 2 fully saturated rings. The van der Waals surface area contributed by atoms with Crippen molar-refractivity contribution >= 4 is 46.2 Å². The van der Waals surface area contributed by atoms with Gasteiger partial charge in [0, 0.05) is 11.4 Å². The molecule has 1 aromatic carbocycles. The number of nitrogens with zero attached hydrogens (tertiary/aromatic N) is 1. The second-order valence-electron chi connectivity index (χ2n) is 6.39. The Bertz CT molecular complexity index is 734. The summed E-state index contributed by atoms with van der Waals surface area (Å²) in [7, 11) is 0. The highest BCUT2D eigenvalue weighted by molar-refractivity contribution is 7.82. The molecule has 8 heteroatoms. The van der Waals surface area contributed by atoms with Crippen LogP contribution in [0.4, 0.5) is 0 Å². The van der Waals surface area contributed by atoms with Gasteiger partial charge in [-0.05, 0) is 43.6 Å². The van der Waals surface area contributed by atoms with Crippen molar-refractivity contribution in [1.29, 1.82) is 0 Å². The number of hydrogen-bond donors (Lipinski definition) is 2. The van der Waals surface area contributed by atoms with E-state index in [2.05, 4.69) is 5.32 Å². The zero-order valence-electron chi connectivity index (χ0n) is 14.1. The lowest BCUT2D eigenvalue weighted by Gasteiger charge is -2.35. The zero-order chi connectivity index (χ0) is 18.7. The molecular formula is C18H20N2O4S2. The second kappa shape index (κ2) is 7.77. The summed E-state index contributed by atoms with van der Waals surface area (Å²) in [6.45, 7) is 0.983. The average molecular weight is 393 g/mol. The van der Waals surface area contributed by atoms with Gasteiger partial charge in [-0.1, -0.05) is 42.5 Å². The Labute approximate surface area is 162 Å². The third-order valence-corrected chi connectivity index (χ3v) is 5.61. The summed E-state index contributed by atoms with van der Waals surface area (Å²) in [6.07, 6.45) is 1.87. The number of benzene rings is 1. The van der Waals surface area contributed by atoms with Crippen molar-refractivity contribution < 1.29 is 19.4 Å². The van der Waals surface area contributed by atoms with Gasteiger partial charge in [0.1, 0.15) is 6.61 Å². The van der Waals surface area contributed by atoms with Crippen LogP contribution >= 0.6 is 24.4 Å². The molecule has 138 valence electrons. The largest absolute Gasteiger partial charge is 0.500 e. The topological polar surface area (TPSA) is 78.9 Å². The number of ether oxygens (including phenoxy) is 1. The smallest absolute Gasteiger partial charge is 0.346 e. The van der Waals surface area contributed by atoms with Gasteiger partial charge in [-0.3, -0.25) is 4.79 Å². The van der Waals surface area contributed by atoms with Crippen LogP contribution in [0.25, 0.3) is 0 Å². The third-order valence-electron chi connectivity index (χ3n) is 4.81. The van der Waals surface area contributed by atoms with Gasteiger partial charge in [-0.25, -0.2) is 4.79 Å². The van der Waals surface area contributed by atoms with Crippen LogP contribution in [0, 0.1) is 0 Å². The van der Waals surface area contributed by atoms with E-state index in [1.165, 1.54) is 4.90 Å². The molecule has 6 nitrogen and oxygen atoms in total. The maximum absolute atomic E-state index is 13.0. The van der Waals surface area contributed by atoms with E-state index in [1.807, 2.05) is 30.3 Å². The molecular weight excluding hydrogens is 372 g/mol. The second-order valence-corrected chi connectivity index (χ2v) is 7.27. The highest BCUT2D eigenvalue weighted by Gasteiger charge is 2.59. The molecule has 2 aliphatic rings. The summed E-state index contributed by atoms with van der Waals surface area (Å²) in [4.78, 5) is 27.4.